The second-order valence-corrected chi connectivity index (χ2v) is 16.4. The molecule has 0 aliphatic heterocycles. The lowest BCUT2D eigenvalue weighted by Crippen LogP contribution is -2.50. The highest BCUT2D eigenvalue weighted by Crippen LogP contribution is 2.66. The first-order valence-electron chi connectivity index (χ1n) is 20.0. The highest BCUT2D eigenvalue weighted by Gasteiger charge is 2.58. The van der Waals surface area contributed by atoms with E-state index in [2.05, 4.69) is 33.8 Å². The van der Waals surface area contributed by atoms with E-state index in [1.807, 2.05) is 24.3 Å². The van der Waals surface area contributed by atoms with Gasteiger partial charge in [0.15, 0.2) is 0 Å². The van der Waals surface area contributed by atoms with E-state index in [0.29, 0.717) is 16.4 Å². The first kappa shape index (κ1) is 35.5. The van der Waals surface area contributed by atoms with E-state index >= 15 is 0 Å². The van der Waals surface area contributed by atoms with Gasteiger partial charge in [-0.1, -0.05) is 116 Å². The Labute approximate surface area is 283 Å². The molecule has 0 saturated heterocycles. The van der Waals surface area contributed by atoms with Crippen molar-refractivity contribution in [1.29, 1.82) is 0 Å². The molecule has 1 aromatic rings. The predicted molar refractivity (Wildman–Crippen MR) is 192 cm³/mol. The summed E-state index contributed by atoms with van der Waals surface area (Å²) < 4.78 is 12.1. The largest absolute Gasteiger partial charge is 0.494 e. The Hall–Kier alpha value is -1.77. The minimum atomic E-state index is -0.183. The van der Waals surface area contributed by atoms with Crippen LogP contribution in [0.15, 0.2) is 35.9 Å². The molecular formula is C43H68O3. The maximum absolute atomic E-state index is 13.1. The highest BCUT2D eigenvalue weighted by atomic mass is 16.5. The molecule has 0 aromatic heterocycles. The molecule has 0 radical (unpaired) electrons. The molecule has 5 rings (SSSR count). The van der Waals surface area contributed by atoms with Crippen LogP contribution in [0, 0.1) is 34.5 Å². The SMILES string of the molecule is CCCCCCCCCOc1ccc(C(=O)OC2CCC3(C)C(=CCC4C3CCC3(C)C(CCCCCCCC)CCC43)C2)cc1. The van der Waals surface area contributed by atoms with Crippen molar-refractivity contribution >= 4 is 5.97 Å². The van der Waals surface area contributed by atoms with E-state index in [1.165, 1.54) is 116 Å². The van der Waals surface area contributed by atoms with Gasteiger partial charge >= 0.3 is 5.97 Å². The maximum Gasteiger partial charge on any atom is 0.338 e. The zero-order chi connectivity index (χ0) is 32.4. The summed E-state index contributed by atoms with van der Waals surface area (Å²) in [6.07, 6.45) is 31.6. The van der Waals surface area contributed by atoms with Crippen molar-refractivity contribution in [2.24, 2.45) is 34.5 Å². The average molecular weight is 633 g/mol. The molecule has 46 heavy (non-hydrogen) atoms. The van der Waals surface area contributed by atoms with Gasteiger partial charge in [-0.25, -0.2) is 4.79 Å². The smallest absolute Gasteiger partial charge is 0.338 e. The number of hydrogen-bond donors (Lipinski definition) is 0. The number of unbranched alkanes of at least 4 members (excludes halogenated alkanes) is 11. The number of ether oxygens (including phenoxy) is 2. The molecule has 4 aliphatic carbocycles. The lowest BCUT2D eigenvalue weighted by atomic mass is 9.47. The minimum absolute atomic E-state index is 0.00123. The second-order valence-electron chi connectivity index (χ2n) is 16.4. The summed E-state index contributed by atoms with van der Waals surface area (Å²) in [5.74, 6) is 4.18. The van der Waals surface area contributed by atoms with Gasteiger partial charge in [-0.15, -0.1) is 0 Å². The van der Waals surface area contributed by atoms with E-state index < -0.39 is 0 Å². The molecule has 3 fully saturated rings. The Morgan fingerprint density at radius 2 is 1.43 bits per heavy atom. The molecule has 7 atom stereocenters. The summed E-state index contributed by atoms with van der Waals surface area (Å²) in [4.78, 5) is 13.1. The number of hydrogen-bond acceptors (Lipinski definition) is 3. The maximum atomic E-state index is 13.1. The van der Waals surface area contributed by atoms with E-state index in [9.17, 15) is 4.79 Å². The van der Waals surface area contributed by atoms with Crippen LogP contribution in [0.5, 0.6) is 5.75 Å². The average Bonchev–Trinajstić information content (AvgIpc) is 3.40. The van der Waals surface area contributed by atoms with Crippen molar-refractivity contribution in [3.05, 3.63) is 41.5 Å². The van der Waals surface area contributed by atoms with Crippen LogP contribution in [-0.2, 0) is 4.74 Å². The van der Waals surface area contributed by atoms with Crippen LogP contribution in [0.1, 0.15) is 179 Å². The Bertz CT molecular complexity index is 1110. The van der Waals surface area contributed by atoms with Gasteiger partial charge in [0.1, 0.15) is 11.9 Å². The molecule has 0 bridgehead atoms. The molecule has 7 unspecified atom stereocenters. The van der Waals surface area contributed by atoms with Crippen LogP contribution in [0.4, 0.5) is 0 Å². The van der Waals surface area contributed by atoms with Crippen LogP contribution in [0.25, 0.3) is 0 Å². The predicted octanol–water partition coefficient (Wildman–Crippen LogP) is 12.7. The van der Waals surface area contributed by atoms with Crippen molar-refractivity contribution in [1.82, 2.24) is 0 Å². The molecule has 1 aromatic carbocycles. The minimum Gasteiger partial charge on any atom is -0.494 e. The highest BCUT2D eigenvalue weighted by molar-refractivity contribution is 5.89. The first-order chi connectivity index (χ1) is 22.4. The molecular weight excluding hydrogens is 564 g/mol. The van der Waals surface area contributed by atoms with Gasteiger partial charge in [0, 0.05) is 6.42 Å². The number of allylic oxidation sites excluding steroid dienone is 1. The third-order valence-electron chi connectivity index (χ3n) is 13.5. The molecule has 3 heteroatoms. The van der Waals surface area contributed by atoms with Crippen LogP contribution < -0.4 is 4.74 Å². The fourth-order valence-electron chi connectivity index (χ4n) is 10.6. The first-order valence-corrected chi connectivity index (χ1v) is 20.0. The lowest BCUT2D eigenvalue weighted by molar-refractivity contribution is -0.0536. The lowest BCUT2D eigenvalue weighted by Gasteiger charge is -2.58. The summed E-state index contributed by atoms with van der Waals surface area (Å²) in [7, 11) is 0. The second kappa shape index (κ2) is 17.1. The van der Waals surface area contributed by atoms with Gasteiger partial charge in [-0.05, 0) is 117 Å². The summed E-state index contributed by atoms with van der Waals surface area (Å²) >= 11 is 0. The monoisotopic (exact) mass is 633 g/mol. The van der Waals surface area contributed by atoms with Gasteiger partial charge in [0.2, 0.25) is 0 Å². The number of benzene rings is 1. The molecule has 3 nitrogen and oxygen atoms in total. The number of carbonyl (C=O) groups excluding carboxylic acids is 1. The van der Waals surface area contributed by atoms with Crippen molar-refractivity contribution in [2.75, 3.05) is 6.61 Å². The summed E-state index contributed by atoms with van der Waals surface area (Å²) in [5.41, 5.74) is 3.08. The van der Waals surface area contributed by atoms with Crippen molar-refractivity contribution in [3.63, 3.8) is 0 Å². The van der Waals surface area contributed by atoms with E-state index in [-0.39, 0.29) is 12.1 Å². The zero-order valence-corrected chi connectivity index (χ0v) is 30.3. The molecule has 258 valence electrons. The van der Waals surface area contributed by atoms with Gasteiger partial charge in [-0.3, -0.25) is 0 Å². The normalized spacial score (nSPS) is 31.8. The van der Waals surface area contributed by atoms with E-state index in [1.54, 1.807) is 5.57 Å². The molecule has 0 heterocycles. The Balaban J connectivity index is 1.08. The molecule has 3 saturated carbocycles. The van der Waals surface area contributed by atoms with E-state index in [4.69, 9.17) is 9.47 Å². The zero-order valence-electron chi connectivity index (χ0n) is 30.3. The molecule has 0 amide bonds. The summed E-state index contributed by atoms with van der Waals surface area (Å²) in [5, 5.41) is 0. The van der Waals surface area contributed by atoms with Crippen molar-refractivity contribution in [3.8, 4) is 5.75 Å². The fraction of sp³-hybridized carbons (Fsp3) is 0.791. The van der Waals surface area contributed by atoms with E-state index in [0.717, 1.165) is 61.7 Å². The summed E-state index contributed by atoms with van der Waals surface area (Å²) in [6.45, 7) is 10.6. The third kappa shape index (κ3) is 8.44. The molecule has 0 spiro atoms. The number of fused-ring (bicyclic) bond motifs is 5. The number of carbonyl (C=O) groups is 1. The van der Waals surface area contributed by atoms with Gasteiger partial charge in [-0.2, -0.15) is 0 Å². The van der Waals surface area contributed by atoms with Gasteiger partial charge < -0.3 is 9.47 Å². The van der Waals surface area contributed by atoms with Crippen molar-refractivity contribution in [2.45, 2.75) is 175 Å². The van der Waals surface area contributed by atoms with Gasteiger partial charge in [0.25, 0.3) is 0 Å². The Kier molecular flexibility index (Phi) is 13.2. The third-order valence-corrected chi connectivity index (χ3v) is 13.5. The van der Waals surface area contributed by atoms with Crippen LogP contribution in [0.2, 0.25) is 0 Å². The van der Waals surface area contributed by atoms with Crippen LogP contribution in [0.3, 0.4) is 0 Å². The Morgan fingerprint density at radius 3 is 2.15 bits per heavy atom. The van der Waals surface area contributed by atoms with Crippen LogP contribution >= 0.6 is 0 Å². The Morgan fingerprint density at radius 1 is 0.761 bits per heavy atom. The standard InChI is InChI=1S/C43H68O3/c1-5-7-9-11-13-15-17-31-45-36-23-19-33(20-24-36)41(44)46-37-27-29-43(4)35(32-37)21-25-38-39-26-22-34(18-16-14-12-10-8-6-2)42(39,3)30-28-40(38)43/h19-21,23-24,34,37-40H,5-18,22,25-32H2,1-4H3. The van der Waals surface area contributed by atoms with Crippen LogP contribution in [-0.4, -0.2) is 18.7 Å². The number of esters is 1. The quantitative estimate of drug-likeness (QED) is 0.0917. The van der Waals surface area contributed by atoms with Crippen molar-refractivity contribution < 1.29 is 14.3 Å². The fourth-order valence-corrected chi connectivity index (χ4v) is 10.6. The number of rotatable bonds is 18. The summed E-state index contributed by atoms with van der Waals surface area (Å²) in [6, 6.07) is 7.61. The molecule has 0 N–H and O–H groups in total. The molecule has 4 aliphatic rings. The van der Waals surface area contributed by atoms with Gasteiger partial charge in [0.05, 0.1) is 12.2 Å². The topological polar surface area (TPSA) is 35.5 Å².